The molecule has 1 saturated heterocycles. The molecule has 2 atom stereocenters. The van der Waals surface area contributed by atoms with E-state index in [9.17, 15) is 14.4 Å². The molecule has 3 rings (SSSR count). The van der Waals surface area contributed by atoms with Gasteiger partial charge in [0.15, 0.2) is 0 Å². The maximum atomic E-state index is 12.7. The fraction of sp³-hybridized carbons (Fsp3) is 0.381. The number of carbonyl (C=O) groups excluding carboxylic acids is 3. The van der Waals surface area contributed by atoms with Crippen LogP contribution in [0.2, 0.25) is 0 Å². The lowest BCUT2D eigenvalue weighted by Gasteiger charge is -2.45. The molecule has 0 aliphatic carbocycles. The number of β-lactam (4-membered cyclic amide) rings is 1. The molecule has 0 spiro atoms. The molecule has 0 bridgehead atoms. The Labute approximate surface area is 163 Å². The molecular weight excluding hydrogens is 360 g/mol. The van der Waals surface area contributed by atoms with Crippen molar-refractivity contribution in [2.45, 2.75) is 32.9 Å². The van der Waals surface area contributed by atoms with Crippen LogP contribution >= 0.6 is 0 Å². The van der Waals surface area contributed by atoms with Crippen LogP contribution in [-0.4, -0.2) is 35.5 Å². The van der Waals surface area contributed by atoms with Crippen LogP contribution < -0.4 is 5.73 Å². The summed E-state index contributed by atoms with van der Waals surface area (Å²) in [6, 6.07) is 7.27. The van der Waals surface area contributed by atoms with E-state index in [1.807, 2.05) is 26.0 Å². The predicted molar refractivity (Wildman–Crippen MR) is 102 cm³/mol. The Morgan fingerprint density at radius 1 is 1.29 bits per heavy atom. The summed E-state index contributed by atoms with van der Waals surface area (Å²) in [5.74, 6) is -0.448. The molecule has 2 amide bonds. The minimum atomic E-state index is -0.836. The Hall–Kier alpha value is -3.09. The molecule has 0 unspecified atom stereocenters. The number of carbonyl (C=O) groups is 3. The van der Waals surface area contributed by atoms with Crippen LogP contribution in [0.3, 0.4) is 0 Å². The largest absolute Gasteiger partial charge is 0.457 e. The third-order valence-electron chi connectivity index (χ3n) is 5.14. The van der Waals surface area contributed by atoms with E-state index in [2.05, 4.69) is 6.58 Å². The van der Waals surface area contributed by atoms with E-state index >= 15 is 0 Å². The average molecular weight is 384 g/mol. The molecule has 1 aromatic carbocycles. The van der Waals surface area contributed by atoms with Gasteiger partial charge < -0.3 is 20.1 Å². The summed E-state index contributed by atoms with van der Waals surface area (Å²) in [6.45, 7) is 7.74. The van der Waals surface area contributed by atoms with Crippen LogP contribution in [0.1, 0.15) is 31.4 Å². The molecule has 2 aliphatic heterocycles. The molecule has 7 nitrogen and oxygen atoms in total. The van der Waals surface area contributed by atoms with Crippen LogP contribution in [0.25, 0.3) is 5.57 Å². The average Bonchev–Trinajstić information content (AvgIpc) is 2.99. The van der Waals surface area contributed by atoms with Crippen LogP contribution in [0.4, 0.5) is 4.79 Å². The normalized spacial score (nSPS) is 20.7. The van der Waals surface area contributed by atoms with E-state index in [1.54, 1.807) is 17.0 Å². The maximum Gasteiger partial charge on any atom is 0.404 e. The second-order valence-electron chi connectivity index (χ2n) is 7.27. The van der Waals surface area contributed by atoms with Crippen molar-refractivity contribution >= 4 is 23.5 Å². The topological polar surface area (TPSA) is 98.9 Å². The van der Waals surface area contributed by atoms with Gasteiger partial charge in [-0.2, -0.15) is 0 Å². The number of benzene rings is 1. The van der Waals surface area contributed by atoms with E-state index in [4.69, 9.17) is 15.2 Å². The number of rotatable bonds is 7. The van der Waals surface area contributed by atoms with Gasteiger partial charge in [-0.1, -0.05) is 50.8 Å². The van der Waals surface area contributed by atoms with Crippen molar-refractivity contribution in [3.63, 3.8) is 0 Å². The molecule has 2 aliphatic rings. The van der Waals surface area contributed by atoms with Crippen molar-refractivity contribution < 1.29 is 23.9 Å². The third-order valence-corrected chi connectivity index (χ3v) is 5.14. The van der Waals surface area contributed by atoms with Gasteiger partial charge >= 0.3 is 12.1 Å². The number of amides is 2. The summed E-state index contributed by atoms with van der Waals surface area (Å²) in [4.78, 5) is 37.6. The lowest BCUT2D eigenvalue weighted by atomic mass is 9.78. The Kier molecular flexibility index (Phi) is 5.53. The molecule has 1 aromatic rings. The first-order chi connectivity index (χ1) is 13.3. The van der Waals surface area contributed by atoms with E-state index in [0.717, 1.165) is 16.7 Å². The first-order valence-electron chi connectivity index (χ1n) is 9.21. The van der Waals surface area contributed by atoms with Crippen LogP contribution in [-0.2, 0) is 25.7 Å². The van der Waals surface area contributed by atoms with E-state index in [1.165, 1.54) is 6.08 Å². The molecule has 0 saturated carbocycles. The molecule has 148 valence electrons. The van der Waals surface area contributed by atoms with Gasteiger partial charge in [0.25, 0.3) is 0 Å². The zero-order valence-corrected chi connectivity index (χ0v) is 16.0. The van der Waals surface area contributed by atoms with Crippen LogP contribution in [0, 0.1) is 11.8 Å². The zero-order valence-electron chi connectivity index (χ0n) is 16.0. The van der Waals surface area contributed by atoms with Crippen LogP contribution in [0.15, 0.2) is 42.6 Å². The number of ether oxygens (including phenoxy) is 2. The summed E-state index contributed by atoms with van der Waals surface area (Å²) < 4.78 is 10.0. The zero-order chi connectivity index (χ0) is 20.4. The number of nitrogens with zero attached hydrogens (tertiary/aromatic N) is 1. The highest BCUT2D eigenvalue weighted by molar-refractivity contribution is 6.06. The highest BCUT2D eigenvalue weighted by Gasteiger charge is 2.56. The summed E-state index contributed by atoms with van der Waals surface area (Å²) in [7, 11) is 0. The van der Waals surface area contributed by atoms with Gasteiger partial charge in [-0.15, -0.1) is 0 Å². The van der Waals surface area contributed by atoms with Crippen molar-refractivity contribution in [3.05, 3.63) is 53.7 Å². The Morgan fingerprint density at radius 3 is 2.54 bits per heavy atom. The molecule has 0 radical (unpaired) electrons. The Bertz CT molecular complexity index is 841. The number of nitrogens with two attached hydrogens (primary N) is 1. The number of hydrogen-bond acceptors (Lipinski definition) is 5. The van der Waals surface area contributed by atoms with Crippen LogP contribution in [0.5, 0.6) is 0 Å². The highest BCUT2D eigenvalue weighted by atomic mass is 16.5. The Morgan fingerprint density at radius 2 is 1.96 bits per heavy atom. The van der Waals surface area contributed by atoms with E-state index in [0.29, 0.717) is 12.1 Å². The smallest absolute Gasteiger partial charge is 0.404 e. The summed E-state index contributed by atoms with van der Waals surface area (Å²) in [5, 5.41) is 0. The van der Waals surface area contributed by atoms with Gasteiger partial charge in [0.05, 0.1) is 12.0 Å². The second kappa shape index (κ2) is 7.88. The first kappa shape index (κ1) is 19.7. The van der Waals surface area contributed by atoms with Gasteiger partial charge in [-0.3, -0.25) is 4.79 Å². The second-order valence-corrected chi connectivity index (χ2v) is 7.27. The molecule has 1 fully saturated rings. The number of fused-ring (bicyclic) bond motifs is 1. The fourth-order valence-corrected chi connectivity index (χ4v) is 3.88. The van der Waals surface area contributed by atoms with Gasteiger partial charge in [0.1, 0.15) is 18.9 Å². The molecule has 28 heavy (non-hydrogen) atoms. The van der Waals surface area contributed by atoms with E-state index in [-0.39, 0.29) is 37.0 Å². The summed E-state index contributed by atoms with van der Waals surface area (Å²) in [6.07, 6.45) is 1.26. The van der Waals surface area contributed by atoms with Gasteiger partial charge in [0, 0.05) is 0 Å². The van der Waals surface area contributed by atoms with Gasteiger partial charge in [-0.25, -0.2) is 9.59 Å². The summed E-state index contributed by atoms with van der Waals surface area (Å²) in [5.41, 5.74) is 7.69. The number of esters is 1. The molecule has 2 heterocycles. The van der Waals surface area contributed by atoms with Crippen molar-refractivity contribution in [1.82, 2.24) is 4.90 Å². The first-order valence-corrected chi connectivity index (χ1v) is 9.21. The van der Waals surface area contributed by atoms with Crippen molar-refractivity contribution in [2.24, 2.45) is 17.6 Å². The minimum absolute atomic E-state index is 0.0216. The fourth-order valence-electron chi connectivity index (χ4n) is 3.88. The highest BCUT2D eigenvalue weighted by Crippen LogP contribution is 2.48. The molecular formula is C21H24N2O5. The lowest BCUT2D eigenvalue weighted by Crippen LogP contribution is -2.60. The standard InChI is InChI=1S/C21H24N2O5/c1-4-9-27-20(25)18-15(10-16-17(12(2)3)19(24)23(16)18)14-7-5-13(6-8-14)11-28-21(22)26/h4-8,12,16-17H,1,9-11H2,2-3H3,(H2,22,26)/t16-,17-/m1/s1. The lowest BCUT2D eigenvalue weighted by molar-refractivity contribution is -0.158. The van der Waals surface area contributed by atoms with Crippen molar-refractivity contribution in [1.29, 1.82) is 0 Å². The maximum absolute atomic E-state index is 12.7. The SMILES string of the molecule is C=CCOC(=O)C1=C(c2ccc(COC(N)=O)cc2)C[C@@H]2[C@@H](C(C)C)C(=O)N12. The van der Waals surface area contributed by atoms with Crippen molar-refractivity contribution in [2.75, 3.05) is 6.61 Å². The Balaban J connectivity index is 1.90. The summed E-state index contributed by atoms with van der Waals surface area (Å²) >= 11 is 0. The predicted octanol–water partition coefficient (Wildman–Crippen LogP) is 2.61. The number of primary amides is 1. The minimum Gasteiger partial charge on any atom is -0.457 e. The number of hydrogen-bond donors (Lipinski definition) is 1. The quantitative estimate of drug-likeness (QED) is 0.443. The monoisotopic (exact) mass is 384 g/mol. The van der Waals surface area contributed by atoms with Gasteiger partial charge in [0.2, 0.25) is 5.91 Å². The van der Waals surface area contributed by atoms with Gasteiger partial charge in [-0.05, 0) is 29.0 Å². The third kappa shape index (κ3) is 3.52. The molecule has 2 N–H and O–H groups in total. The van der Waals surface area contributed by atoms with E-state index < -0.39 is 12.1 Å². The molecule has 7 heteroatoms. The van der Waals surface area contributed by atoms with Crippen molar-refractivity contribution in [3.8, 4) is 0 Å². The molecule has 0 aromatic heterocycles.